The number of nitrogens with one attached hydrogen (secondary N) is 1. The Morgan fingerprint density at radius 2 is 2.37 bits per heavy atom. The van der Waals surface area contributed by atoms with Crippen LogP contribution in [-0.2, 0) is 4.74 Å². The van der Waals surface area contributed by atoms with Crippen molar-refractivity contribution < 1.29 is 13.9 Å². The van der Waals surface area contributed by atoms with E-state index < -0.39 is 11.8 Å². The van der Waals surface area contributed by atoms with Crippen molar-refractivity contribution in [3.8, 4) is 0 Å². The van der Waals surface area contributed by atoms with Crippen molar-refractivity contribution in [3.05, 3.63) is 40.1 Å². The molecule has 100 valence electrons. The van der Waals surface area contributed by atoms with Gasteiger partial charge in [0.2, 0.25) is 0 Å². The third-order valence-corrected chi connectivity index (χ3v) is 3.26. The Bertz CT molecular complexity index is 583. The fraction of sp³-hybridized carbons (Fsp3) is 0.167. The Kier molecular flexibility index (Phi) is 4.34. The van der Waals surface area contributed by atoms with E-state index in [1.54, 1.807) is 13.0 Å². The minimum Gasteiger partial charge on any atom is -0.461 e. The molecule has 0 radical (unpaired) electrons. The Balaban J connectivity index is 2.18. The van der Waals surface area contributed by atoms with Crippen LogP contribution in [0.2, 0.25) is 5.02 Å². The molecule has 1 aromatic carbocycles. The highest BCUT2D eigenvalue weighted by Gasteiger charge is 2.13. The van der Waals surface area contributed by atoms with Gasteiger partial charge >= 0.3 is 5.97 Å². The lowest BCUT2D eigenvalue weighted by Gasteiger charge is -2.05. The second-order valence-corrected chi connectivity index (χ2v) is 4.75. The minimum atomic E-state index is -0.508. The molecule has 0 unspecified atom stereocenters. The van der Waals surface area contributed by atoms with Crippen LogP contribution in [0.5, 0.6) is 0 Å². The summed E-state index contributed by atoms with van der Waals surface area (Å²) in [5.41, 5.74) is 0.315. The van der Waals surface area contributed by atoms with Gasteiger partial charge in [-0.2, -0.15) is 0 Å². The van der Waals surface area contributed by atoms with Crippen molar-refractivity contribution in [2.45, 2.75) is 6.92 Å². The number of ether oxygens (including phenoxy) is 1. The summed E-state index contributed by atoms with van der Waals surface area (Å²) in [6.07, 6.45) is 0. The van der Waals surface area contributed by atoms with Crippen molar-refractivity contribution in [3.63, 3.8) is 0 Å². The second-order valence-electron chi connectivity index (χ2n) is 3.48. The highest BCUT2D eigenvalue weighted by atomic mass is 35.5. The van der Waals surface area contributed by atoms with Crippen molar-refractivity contribution in [2.24, 2.45) is 0 Å². The SMILES string of the molecule is CCOC(=O)c1csc(Nc2c(F)cccc2Cl)n1. The van der Waals surface area contributed by atoms with Crippen LogP contribution in [0, 0.1) is 5.82 Å². The van der Waals surface area contributed by atoms with Crippen LogP contribution in [0.1, 0.15) is 17.4 Å². The molecule has 0 bridgehead atoms. The third-order valence-electron chi connectivity index (χ3n) is 2.18. The quantitative estimate of drug-likeness (QED) is 0.871. The van der Waals surface area contributed by atoms with E-state index >= 15 is 0 Å². The zero-order valence-corrected chi connectivity index (χ0v) is 11.5. The van der Waals surface area contributed by atoms with Crippen LogP contribution in [0.25, 0.3) is 0 Å². The fourth-order valence-corrected chi connectivity index (χ4v) is 2.25. The number of nitrogens with zero attached hydrogens (tertiary/aromatic N) is 1. The number of carbonyl (C=O) groups excluding carboxylic acids is 1. The van der Waals surface area contributed by atoms with Crippen LogP contribution in [0.3, 0.4) is 0 Å². The van der Waals surface area contributed by atoms with Crippen LogP contribution < -0.4 is 5.32 Å². The lowest BCUT2D eigenvalue weighted by molar-refractivity contribution is 0.0520. The molecule has 4 nitrogen and oxygen atoms in total. The summed E-state index contributed by atoms with van der Waals surface area (Å²) in [6.45, 7) is 1.99. The van der Waals surface area contributed by atoms with E-state index in [-0.39, 0.29) is 23.0 Å². The predicted molar refractivity (Wildman–Crippen MR) is 72.8 cm³/mol. The molecule has 2 aromatic rings. The van der Waals surface area contributed by atoms with Gasteiger partial charge in [-0.15, -0.1) is 11.3 Å². The molecular formula is C12H10ClFN2O2S. The van der Waals surface area contributed by atoms with E-state index in [0.29, 0.717) is 5.13 Å². The van der Waals surface area contributed by atoms with Gasteiger partial charge in [0.1, 0.15) is 5.82 Å². The Morgan fingerprint density at radius 3 is 3.05 bits per heavy atom. The van der Waals surface area contributed by atoms with Gasteiger partial charge in [-0.3, -0.25) is 0 Å². The van der Waals surface area contributed by atoms with Gasteiger partial charge in [0, 0.05) is 5.38 Å². The molecule has 0 atom stereocenters. The van der Waals surface area contributed by atoms with E-state index in [9.17, 15) is 9.18 Å². The number of halogens is 2. The number of benzene rings is 1. The first-order chi connectivity index (χ1) is 9.11. The standard InChI is InChI=1S/C12H10ClFN2O2S/c1-2-18-11(17)9-6-19-12(15-9)16-10-7(13)4-3-5-8(10)14/h3-6H,2H2,1H3,(H,15,16). The number of thiazole rings is 1. The number of hydrogen-bond donors (Lipinski definition) is 1. The molecule has 0 spiro atoms. The van der Waals surface area contributed by atoms with Crippen molar-refractivity contribution in [2.75, 3.05) is 11.9 Å². The molecule has 19 heavy (non-hydrogen) atoms. The highest BCUT2D eigenvalue weighted by Crippen LogP contribution is 2.29. The van der Waals surface area contributed by atoms with Gasteiger partial charge in [-0.1, -0.05) is 17.7 Å². The number of anilines is 2. The maximum absolute atomic E-state index is 13.6. The number of carbonyl (C=O) groups is 1. The summed E-state index contributed by atoms with van der Waals surface area (Å²) in [7, 11) is 0. The monoisotopic (exact) mass is 300 g/mol. The van der Waals surface area contributed by atoms with Gasteiger partial charge < -0.3 is 10.1 Å². The van der Waals surface area contributed by atoms with E-state index in [1.165, 1.54) is 28.8 Å². The zero-order chi connectivity index (χ0) is 13.8. The van der Waals surface area contributed by atoms with E-state index in [2.05, 4.69) is 10.3 Å². The maximum atomic E-state index is 13.6. The highest BCUT2D eigenvalue weighted by molar-refractivity contribution is 7.14. The number of aromatic nitrogens is 1. The first-order valence-electron chi connectivity index (χ1n) is 5.45. The molecule has 0 aliphatic heterocycles. The number of rotatable bonds is 4. The Morgan fingerprint density at radius 1 is 1.58 bits per heavy atom. The van der Waals surface area contributed by atoms with Crippen molar-refractivity contribution in [1.29, 1.82) is 0 Å². The van der Waals surface area contributed by atoms with Gasteiger partial charge in [-0.05, 0) is 19.1 Å². The Hall–Kier alpha value is -1.66. The largest absolute Gasteiger partial charge is 0.461 e. The molecule has 7 heteroatoms. The Labute approximate surface area is 118 Å². The second kappa shape index (κ2) is 5.99. The van der Waals surface area contributed by atoms with Gasteiger partial charge in [-0.25, -0.2) is 14.2 Å². The molecule has 0 aliphatic rings. The van der Waals surface area contributed by atoms with Gasteiger partial charge in [0.25, 0.3) is 0 Å². The lowest BCUT2D eigenvalue weighted by atomic mass is 10.3. The van der Waals surface area contributed by atoms with E-state index in [0.717, 1.165) is 0 Å². The molecule has 2 rings (SSSR count). The summed E-state index contributed by atoms with van der Waals surface area (Å²) in [5.74, 6) is -0.994. The molecule has 0 aliphatic carbocycles. The van der Waals surface area contributed by atoms with Gasteiger partial charge in [0.05, 0.1) is 17.3 Å². The molecule has 1 heterocycles. The predicted octanol–water partition coefficient (Wildman–Crippen LogP) is 3.86. The van der Waals surface area contributed by atoms with E-state index in [1.807, 2.05) is 0 Å². The first-order valence-corrected chi connectivity index (χ1v) is 6.71. The van der Waals surface area contributed by atoms with Crippen LogP contribution in [0.4, 0.5) is 15.2 Å². The van der Waals surface area contributed by atoms with Crippen LogP contribution in [-0.4, -0.2) is 17.6 Å². The topological polar surface area (TPSA) is 51.2 Å². The zero-order valence-electron chi connectivity index (χ0n) is 9.94. The van der Waals surface area contributed by atoms with Crippen molar-refractivity contribution >= 4 is 39.7 Å². The average molecular weight is 301 g/mol. The number of para-hydroxylation sites is 1. The van der Waals surface area contributed by atoms with Crippen molar-refractivity contribution in [1.82, 2.24) is 4.98 Å². The van der Waals surface area contributed by atoms with Gasteiger partial charge in [0.15, 0.2) is 10.8 Å². The molecule has 0 amide bonds. The summed E-state index contributed by atoms with van der Waals surface area (Å²) < 4.78 is 18.4. The molecule has 0 saturated carbocycles. The number of esters is 1. The fourth-order valence-electron chi connectivity index (χ4n) is 1.35. The molecule has 0 saturated heterocycles. The summed E-state index contributed by atoms with van der Waals surface area (Å²) in [4.78, 5) is 15.5. The first kappa shape index (κ1) is 13.8. The van der Waals surface area contributed by atoms with Crippen LogP contribution in [0.15, 0.2) is 23.6 Å². The third kappa shape index (κ3) is 3.21. The minimum absolute atomic E-state index is 0.133. The normalized spacial score (nSPS) is 10.3. The summed E-state index contributed by atoms with van der Waals surface area (Å²) in [6, 6.07) is 4.36. The van der Waals surface area contributed by atoms with Crippen LogP contribution >= 0.6 is 22.9 Å². The molecule has 0 fully saturated rings. The average Bonchev–Trinajstić information content (AvgIpc) is 2.83. The number of hydrogen-bond acceptors (Lipinski definition) is 5. The summed E-state index contributed by atoms with van der Waals surface area (Å²) in [5, 5.41) is 4.90. The lowest BCUT2D eigenvalue weighted by Crippen LogP contribution is -2.05. The molecule has 1 N–H and O–H groups in total. The summed E-state index contributed by atoms with van der Waals surface area (Å²) >= 11 is 7.05. The smallest absolute Gasteiger partial charge is 0.357 e. The molecule has 1 aromatic heterocycles. The maximum Gasteiger partial charge on any atom is 0.357 e. The molecular weight excluding hydrogens is 291 g/mol. The van der Waals surface area contributed by atoms with E-state index in [4.69, 9.17) is 16.3 Å².